The molecule has 0 aliphatic carbocycles. The number of nitrogens with zero attached hydrogens (tertiary/aromatic N) is 2. The van der Waals surface area contributed by atoms with Crippen LogP contribution in [-0.2, 0) is 19.1 Å². The number of H-pyrrole nitrogens is 1. The van der Waals surface area contributed by atoms with Gasteiger partial charge in [-0.05, 0) is 0 Å². The van der Waals surface area contributed by atoms with Crippen molar-refractivity contribution >= 4 is 29.3 Å². The van der Waals surface area contributed by atoms with Gasteiger partial charge >= 0.3 is 5.97 Å². The van der Waals surface area contributed by atoms with Crippen LogP contribution in [0.5, 0.6) is 0 Å². The molecule has 0 fully saturated rings. The van der Waals surface area contributed by atoms with Gasteiger partial charge in [-0.3, -0.25) is 24.7 Å². The topological polar surface area (TPSA) is 126 Å². The fourth-order valence-electron chi connectivity index (χ4n) is 1.85. The van der Waals surface area contributed by atoms with Gasteiger partial charge in [-0.15, -0.1) is 0 Å². The van der Waals surface area contributed by atoms with E-state index in [0.29, 0.717) is 18.2 Å². The maximum absolute atomic E-state index is 11.9. The summed E-state index contributed by atoms with van der Waals surface area (Å²) in [5.74, 6) is -0.243. The standard InChI is InChI=1S/C12H17N5O5/c1-7(18)14-12-15-10-9(11(20)16-12)13-5-17(10)6-21-3-4-22-8(2)19/h13H,3-6H2,1-2H3,(H2,14,15,16,18,20). The number of nitrogens with one attached hydrogen (secondary N) is 3. The molecule has 22 heavy (non-hydrogen) atoms. The highest BCUT2D eigenvalue weighted by Crippen LogP contribution is 2.25. The molecule has 0 saturated heterocycles. The van der Waals surface area contributed by atoms with Crippen molar-refractivity contribution in [2.45, 2.75) is 13.8 Å². The van der Waals surface area contributed by atoms with Gasteiger partial charge in [0.1, 0.15) is 19.0 Å². The second-order valence-corrected chi connectivity index (χ2v) is 4.55. The number of carbonyl (C=O) groups excluding carboxylic acids is 2. The lowest BCUT2D eigenvalue weighted by Gasteiger charge is -2.17. The average molecular weight is 311 g/mol. The number of aromatic nitrogens is 2. The molecule has 0 radical (unpaired) electrons. The van der Waals surface area contributed by atoms with Crippen LogP contribution >= 0.6 is 0 Å². The number of hydrogen-bond donors (Lipinski definition) is 3. The van der Waals surface area contributed by atoms with Gasteiger partial charge in [-0.1, -0.05) is 0 Å². The van der Waals surface area contributed by atoms with E-state index in [9.17, 15) is 14.4 Å². The fraction of sp³-hybridized carbons (Fsp3) is 0.500. The summed E-state index contributed by atoms with van der Waals surface area (Å²) < 4.78 is 10.1. The van der Waals surface area contributed by atoms with Gasteiger partial charge in [0, 0.05) is 13.8 Å². The van der Waals surface area contributed by atoms with Crippen LogP contribution in [0.15, 0.2) is 4.79 Å². The summed E-state index contributed by atoms with van der Waals surface area (Å²) in [4.78, 5) is 41.8. The van der Waals surface area contributed by atoms with Crippen molar-refractivity contribution in [2.24, 2.45) is 0 Å². The summed E-state index contributed by atoms with van der Waals surface area (Å²) >= 11 is 0. The Balaban J connectivity index is 1.98. The Hall–Kier alpha value is -2.62. The Labute approximate surface area is 125 Å². The van der Waals surface area contributed by atoms with E-state index in [-0.39, 0.29) is 43.3 Å². The van der Waals surface area contributed by atoms with Crippen LogP contribution in [-0.4, -0.2) is 48.5 Å². The van der Waals surface area contributed by atoms with Crippen LogP contribution in [0, 0.1) is 0 Å². The van der Waals surface area contributed by atoms with Gasteiger partial charge in [-0.2, -0.15) is 4.98 Å². The zero-order valence-electron chi connectivity index (χ0n) is 12.3. The molecule has 10 nitrogen and oxygen atoms in total. The predicted molar refractivity (Wildman–Crippen MR) is 77.6 cm³/mol. The van der Waals surface area contributed by atoms with E-state index in [0.717, 1.165) is 0 Å². The van der Waals surface area contributed by atoms with Gasteiger partial charge in [0.2, 0.25) is 11.9 Å². The highest BCUT2D eigenvalue weighted by atomic mass is 16.6. The van der Waals surface area contributed by atoms with Crippen molar-refractivity contribution in [3.63, 3.8) is 0 Å². The second kappa shape index (κ2) is 6.89. The third-order valence-electron chi connectivity index (χ3n) is 2.72. The minimum absolute atomic E-state index is 0.0739. The van der Waals surface area contributed by atoms with Crippen LogP contribution in [0.2, 0.25) is 0 Å². The van der Waals surface area contributed by atoms with Crippen LogP contribution in [0.1, 0.15) is 13.8 Å². The summed E-state index contributed by atoms with van der Waals surface area (Å²) in [6, 6.07) is 0. The SMILES string of the molecule is CC(=O)Nc1nc2c(c(=O)[nH]1)NCN2COCCOC(C)=O. The zero-order valence-corrected chi connectivity index (χ0v) is 12.3. The predicted octanol–water partition coefficient (Wildman–Crippen LogP) is -0.545. The van der Waals surface area contributed by atoms with Gasteiger partial charge < -0.3 is 19.7 Å². The summed E-state index contributed by atoms with van der Waals surface area (Å²) in [6.07, 6.45) is 0. The van der Waals surface area contributed by atoms with E-state index in [1.54, 1.807) is 4.90 Å². The average Bonchev–Trinajstić information content (AvgIpc) is 2.81. The van der Waals surface area contributed by atoms with Crippen LogP contribution in [0.4, 0.5) is 17.5 Å². The molecule has 0 aromatic carbocycles. The lowest BCUT2D eigenvalue weighted by molar-refractivity contribution is -0.142. The highest BCUT2D eigenvalue weighted by Gasteiger charge is 2.24. The normalized spacial score (nSPS) is 12.5. The molecule has 1 amide bonds. The van der Waals surface area contributed by atoms with E-state index in [4.69, 9.17) is 9.47 Å². The number of esters is 1. The molecule has 1 aromatic heterocycles. The Morgan fingerprint density at radius 3 is 2.82 bits per heavy atom. The maximum atomic E-state index is 11.9. The number of rotatable bonds is 6. The molecule has 0 bridgehead atoms. The molecule has 1 aromatic rings. The number of carbonyl (C=O) groups is 2. The number of ether oxygens (including phenoxy) is 2. The molecule has 120 valence electrons. The zero-order chi connectivity index (χ0) is 16.1. The fourth-order valence-corrected chi connectivity index (χ4v) is 1.85. The first-order valence-electron chi connectivity index (χ1n) is 6.59. The summed E-state index contributed by atoms with van der Waals surface area (Å²) in [6.45, 7) is 3.54. The minimum atomic E-state index is -0.379. The Morgan fingerprint density at radius 1 is 1.36 bits per heavy atom. The molecule has 2 heterocycles. The Morgan fingerprint density at radius 2 is 2.14 bits per heavy atom. The molecule has 0 unspecified atom stereocenters. The quantitative estimate of drug-likeness (QED) is 0.472. The van der Waals surface area contributed by atoms with Crippen molar-refractivity contribution in [3.8, 4) is 0 Å². The summed E-state index contributed by atoms with van der Waals surface area (Å²) in [5.41, 5.74) is -0.0612. The van der Waals surface area contributed by atoms with Crippen molar-refractivity contribution in [3.05, 3.63) is 10.4 Å². The lowest BCUT2D eigenvalue weighted by atomic mass is 10.5. The van der Waals surface area contributed by atoms with Crippen molar-refractivity contribution in [2.75, 3.05) is 42.1 Å². The molecule has 0 spiro atoms. The molecule has 0 saturated carbocycles. The van der Waals surface area contributed by atoms with Crippen LogP contribution in [0.3, 0.4) is 0 Å². The van der Waals surface area contributed by atoms with Crippen molar-refractivity contribution in [1.82, 2.24) is 9.97 Å². The summed E-state index contributed by atoms with van der Waals surface area (Å²) in [7, 11) is 0. The highest BCUT2D eigenvalue weighted by molar-refractivity contribution is 5.87. The minimum Gasteiger partial charge on any atom is -0.463 e. The van der Waals surface area contributed by atoms with Gasteiger partial charge in [0.05, 0.1) is 13.3 Å². The number of aromatic amines is 1. The third-order valence-corrected chi connectivity index (χ3v) is 2.72. The van der Waals surface area contributed by atoms with E-state index in [1.165, 1.54) is 13.8 Å². The van der Waals surface area contributed by atoms with E-state index < -0.39 is 0 Å². The third kappa shape index (κ3) is 3.95. The molecule has 10 heteroatoms. The van der Waals surface area contributed by atoms with Crippen LogP contribution in [0.25, 0.3) is 0 Å². The van der Waals surface area contributed by atoms with Crippen molar-refractivity contribution < 1.29 is 19.1 Å². The van der Waals surface area contributed by atoms with E-state index >= 15 is 0 Å². The second-order valence-electron chi connectivity index (χ2n) is 4.55. The summed E-state index contributed by atoms with van der Waals surface area (Å²) in [5, 5.41) is 5.33. The molecule has 1 aliphatic heterocycles. The molecule has 2 rings (SSSR count). The van der Waals surface area contributed by atoms with E-state index in [2.05, 4.69) is 20.6 Å². The van der Waals surface area contributed by atoms with Crippen molar-refractivity contribution in [1.29, 1.82) is 0 Å². The molecule has 3 N–H and O–H groups in total. The smallest absolute Gasteiger partial charge is 0.302 e. The Bertz CT molecular complexity index is 629. The van der Waals surface area contributed by atoms with Gasteiger partial charge in [0.25, 0.3) is 5.56 Å². The van der Waals surface area contributed by atoms with E-state index in [1.807, 2.05) is 0 Å². The maximum Gasteiger partial charge on any atom is 0.302 e. The largest absolute Gasteiger partial charge is 0.463 e. The number of hydrogen-bond acceptors (Lipinski definition) is 8. The number of anilines is 3. The Kier molecular flexibility index (Phi) is 4.94. The molecular formula is C12H17N5O5. The number of fused-ring (bicyclic) bond motifs is 1. The van der Waals surface area contributed by atoms with Crippen LogP contribution < -0.4 is 21.1 Å². The van der Waals surface area contributed by atoms with Gasteiger partial charge in [-0.25, -0.2) is 0 Å². The molecule has 0 atom stereocenters. The monoisotopic (exact) mass is 311 g/mol. The van der Waals surface area contributed by atoms with Gasteiger partial charge in [0.15, 0.2) is 5.82 Å². The first-order chi connectivity index (χ1) is 10.5. The lowest BCUT2D eigenvalue weighted by Crippen LogP contribution is -2.27. The molecular weight excluding hydrogens is 294 g/mol. The first kappa shape index (κ1) is 15.8. The molecule has 1 aliphatic rings. The number of amides is 1. The first-order valence-corrected chi connectivity index (χ1v) is 6.59.